The summed E-state index contributed by atoms with van der Waals surface area (Å²) in [6.45, 7) is 0.200. The molecule has 1 aromatic carbocycles. The lowest BCUT2D eigenvalue weighted by Gasteiger charge is -2.12. The summed E-state index contributed by atoms with van der Waals surface area (Å²) in [6, 6.07) is 11.2. The minimum absolute atomic E-state index is 0.200. The van der Waals surface area contributed by atoms with Crippen LogP contribution < -0.4 is 0 Å². The number of carbonyl (C=O) groups is 1. The molecule has 0 saturated heterocycles. The highest BCUT2D eigenvalue weighted by molar-refractivity contribution is 9.10. The van der Waals surface area contributed by atoms with E-state index >= 15 is 0 Å². The van der Waals surface area contributed by atoms with Crippen molar-refractivity contribution in [1.82, 2.24) is 15.0 Å². The van der Waals surface area contributed by atoms with E-state index in [-0.39, 0.29) is 18.2 Å². The highest BCUT2D eigenvalue weighted by atomic mass is 79.9. The topological polar surface area (TPSA) is 72.4 Å². The minimum atomic E-state index is -0.267. The van der Waals surface area contributed by atoms with Crippen LogP contribution in [0.15, 0.2) is 56.1 Å². The van der Waals surface area contributed by atoms with Crippen LogP contribution >= 0.6 is 15.9 Å². The average Bonchev–Trinajstić information content (AvgIpc) is 3.16. The lowest BCUT2D eigenvalue weighted by molar-refractivity contribution is 0.0736. The van der Waals surface area contributed by atoms with Gasteiger partial charge in [0.25, 0.3) is 5.91 Å². The van der Waals surface area contributed by atoms with Gasteiger partial charge in [-0.2, -0.15) is 4.98 Å². The van der Waals surface area contributed by atoms with Crippen LogP contribution in [0.25, 0.3) is 11.4 Å². The van der Waals surface area contributed by atoms with Gasteiger partial charge in [-0.1, -0.05) is 35.5 Å². The van der Waals surface area contributed by atoms with E-state index in [9.17, 15) is 4.79 Å². The van der Waals surface area contributed by atoms with Crippen LogP contribution in [0.3, 0.4) is 0 Å². The first kappa shape index (κ1) is 14.5. The van der Waals surface area contributed by atoms with Crippen molar-refractivity contribution in [3.63, 3.8) is 0 Å². The first-order valence-electron chi connectivity index (χ1n) is 6.51. The zero-order valence-corrected chi connectivity index (χ0v) is 13.3. The number of aromatic nitrogens is 2. The molecule has 0 unspecified atom stereocenters. The monoisotopic (exact) mass is 361 g/mol. The number of halogens is 1. The van der Waals surface area contributed by atoms with Crippen molar-refractivity contribution in [2.75, 3.05) is 7.05 Å². The summed E-state index contributed by atoms with van der Waals surface area (Å²) in [4.78, 5) is 18.0. The normalized spacial score (nSPS) is 10.6. The maximum atomic E-state index is 12.2. The second-order valence-corrected chi connectivity index (χ2v) is 5.49. The van der Waals surface area contributed by atoms with E-state index in [1.54, 1.807) is 13.1 Å². The maximum Gasteiger partial charge on any atom is 0.290 e. The molecule has 0 bridgehead atoms. The van der Waals surface area contributed by atoms with Crippen LogP contribution in [-0.2, 0) is 6.54 Å². The van der Waals surface area contributed by atoms with Crippen molar-refractivity contribution in [3.8, 4) is 11.4 Å². The third-order valence-electron chi connectivity index (χ3n) is 3.03. The molecule has 22 heavy (non-hydrogen) atoms. The molecule has 7 heteroatoms. The molecule has 2 heterocycles. The van der Waals surface area contributed by atoms with Crippen molar-refractivity contribution >= 4 is 21.8 Å². The second kappa shape index (κ2) is 6.15. The van der Waals surface area contributed by atoms with Gasteiger partial charge in [0, 0.05) is 12.6 Å². The Kier molecular flexibility index (Phi) is 4.06. The molecule has 112 valence electrons. The number of hydrogen-bond donors (Lipinski definition) is 0. The first-order chi connectivity index (χ1) is 10.6. The lowest BCUT2D eigenvalue weighted by Crippen LogP contribution is -2.26. The van der Waals surface area contributed by atoms with Crippen molar-refractivity contribution in [1.29, 1.82) is 0 Å². The summed E-state index contributed by atoms with van der Waals surface area (Å²) in [7, 11) is 1.64. The number of hydrogen-bond acceptors (Lipinski definition) is 5. The van der Waals surface area contributed by atoms with E-state index in [0.717, 1.165) is 5.56 Å². The van der Waals surface area contributed by atoms with Gasteiger partial charge in [0.15, 0.2) is 0 Å². The van der Waals surface area contributed by atoms with Crippen LogP contribution in [0.1, 0.15) is 16.4 Å². The van der Waals surface area contributed by atoms with Gasteiger partial charge in [-0.3, -0.25) is 4.79 Å². The molecule has 6 nitrogen and oxygen atoms in total. The lowest BCUT2D eigenvalue weighted by atomic mass is 10.2. The molecule has 0 aliphatic carbocycles. The fraction of sp³-hybridized carbons (Fsp3) is 0.133. The maximum absolute atomic E-state index is 12.2. The van der Waals surface area contributed by atoms with E-state index < -0.39 is 0 Å². The Hall–Kier alpha value is -2.41. The highest BCUT2D eigenvalue weighted by Gasteiger charge is 2.20. The SMILES string of the molecule is CN(Cc1nc(-c2ccccc2)no1)C(=O)c1occc1Br. The van der Waals surface area contributed by atoms with Crippen LogP contribution in [0, 0.1) is 0 Å². The molecule has 0 fully saturated rings. The smallest absolute Gasteiger partial charge is 0.290 e. The average molecular weight is 362 g/mol. The summed E-state index contributed by atoms with van der Waals surface area (Å²) in [5.74, 6) is 0.828. The molecule has 3 aromatic rings. The van der Waals surface area contributed by atoms with Crippen LogP contribution in [0.4, 0.5) is 0 Å². The van der Waals surface area contributed by atoms with E-state index in [4.69, 9.17) is 8.94 Å². The molecule has 3 rings (SSSR count). The van der Waals surface area contributed by atoms with Crippen LogP contribution in [0.5, 0.6) is 0 Å². The summed E-state index contributed by atoms with van der Waals surface area (Å²) < 4.78 is 11.0. The van der Waals surface area contributed by atoms with Gasteiger partial charge in [0.2, 0.25) is 17.5 Å². The van der Waals surface area contributed by atoms with Gasteiger partial charge in [0.05, 0.1) is 10.7 Å². The van der Waals surface area contributed by atoms with Crippen LogP contribution in [0.2, 0.25) is 0 Å². The highest BCUT2D eigenvalue weighted by Crippen LogP contribution is 2.20. The van der Waals surface area contributed by atoms with Gasteiger partial charge < -0.3 is 13.8 Å². The van der Waals surface area contributed by atoms with E-state index in [1.807, 2.05) is 30.3 Å². The fourth-order valence-electron chi connectivity index (χ4n) is 1.92. The van der Waals surface area contributed by atoms with Gasteiger partial charge in [-0.05, 0) is 22.0 Å². The van der Waals surface area contributed by atoms with Crippen molar-refractivity contribution in [2.45, 2.75) is 6.54 Å². The summed E-state index contributed by atoms with van der Waals surface area (Å²) in [5.41, 5.74) is 0.861. The zero-order valence-electron chi connectivity index (χ0n) is 11.7. The standard InChI is InChI=1S/C15H12BrN3O3/c1-19(15(20)13-11(16)7-8-21-13)9-12-17-14(18-22-12)10-5-3-2-4-6-10/h2-8H,9H2,1H3. The summed E-state index contributed by atoms with van der Waals surface area (Å²) in [5, 5.41) is 3.92. The molecule has 2 aromatic heterocycles. The Balaban J connectivity index is 1.73. The quantitative estimate of drug-likeness (QED) is 0.712. The minimum Gasteiger partial charge on any atom is -0.458 e. The molecule has 0 atom stereocenters. The molecule has 0 saturated carbocycles. The molecule has 1 amide bonds. The Morgan fingerprint density at radius 1 is 1.27 bits per heavy atom. The predicted molar refractivity (Wildman–Crippen MR) is 81.9 cm³/mol. The van der Waals surface area contributed by atoms with Crippen molar-refractivity contribution in [2.24, 2.45) is 0 Å². The van der Waals surface area contributed by atoms with Crippen LogP contribution in [-0.4, -0.2) is 28.0 Å². The molecule has 0 radical (unpaired) electrons. The summed E-state index contributed by atoms with van der Waals surface area (Å²) in [6.07, 6.45) is 1.45. The van der Waals surface area contributed by atoms with Gasteiger partial charge in [-0.25, -0.2) is 0 Å². The Labute approximate surface area is 134 Å². The fourth-order valence-corrected chi connectivity index (χ4v) is 2.29. The van der Waals surface area contributed by atoms with Gasteiger partial charge in [-0.15, -0.1) is 0 Å². The Bertz CT molecular complexity index is 782. The van der Waals surface area contributed by atoms with Crippen molar-refractivity contribution in [3.05, 3.63) is 58.8 Å². The Morgan fingerprint density at radius 3 is 2.73 bits per heavy atom. The molecule has 0 aliphatic heterocycles. The van der Waals surface area contributed by atoms with Crippen molar-refractivity contribution < 1.29 is 13.7 Å². The number of carbonyl (C=O) groups excluding carboxylic acids is 1. The molecule has 0 N–H and O–H groups in total. The van der Waals surface area contributed by atoms with Gasteiger partial charge in [0.1, 0.15) is 6.54 Å². The third kappa shape index (κ3) is 2.94. The number of furan rings is 1. The summed E-state index contributed by atoms with van der Waals surface area (Å²) >= 11 is 3.26. The number of amides is 1. The molecular weight excluding hydrogens is 350 g/mol. The molecular formula is C15H12BrN3O3. The van der Waals surface area contributed by atoms with E-state index in [2.05, 4.69) is 26.1 Å². The second-order valence-electron chi connectivity index (χ2n) is 4.64. The van der Waals surface area contributed by atoms with E-state index in [1.165, 1.54) is 11.2 Å². The molecule has 0 spiro atoms. The van der Waals surface area contributed by atoms with Gasteiger partial charge >= 0.3 is 0 Å². The number of benzene rings is 1. The number of nitrogens with zero attached hydrogens (tertiary/aromatic N) is 3. The zero-order chi connectivity index (χ0) is 15.5. The number of rotatable bonds is 4. The predicted octanol–water partition coefficient (Wildman–Crippen LogP) is 3.36. The Morgan fingerprint density at radius 2 is 2.05 bits per heavy atom. The molecule has 0 aliphatic rings. The van der Waals surface area contributed by atoms with E-state index in [0.29, 0.717) is 16.2 Å². The largest absolute Gasteiger partial charge is 0.458 e. The first-order valence-corrected chi connectivity index (χ1v) is 7.31. The third-order valence-corrected chi connectivity index (χ3v) is 3.66.